The van der Waals surface area contributed by atoms with Gasteiger partial charge in [0.05, 0.1) is 6.61 Å². The molecular weight excluding hydrogens is 194 g/mol. The maximum Gasteiger partial charge on any atom is 0.298 e. The van der Waals surface area contributed by atoms with Crippen molar-refractivity contribution in [2.75, 3.05) is 30.8 Å². The van der Waals surface area contributed by atoms with Crippen LogP contribution in [-0.2, 0) is 0 Å². The first-order valence-electron chi connectivity index (χ1n) is 4.69. The molecule has 0 saturated heterocycles. The molecule has 0 aliphatic carbocycles. The number of hydrogen-bond acceptors (Lipinski definition) is 5. The molecule has 1 heterocycles. The molecule has 1 aromatic carbocycles. The predicted octanol–water partition coefficient (Wildman–Crippen LogP) is 0.838. The van der Waals surface area contributed by atoms with Crippen molar-refractivity contribution >= 4 is 22.8 Å². The lowest BCUT2D eigenvalue weighted by atomic mass is 10.3. The first kappa shape index (κ1) is 9.79. The van der Waals surface area contributed by atoms with Gasteiger partial charge in [-0.1, -0.05) is 0 Å². The van der Waals surface area contributed by atoms with E-state index in [1.807, 2.05) is 13.1 Å². The van der Waals surface area contributed by atoms with Crippen LogP contribution in [0, 0.1) is 0 Å². The first-order valence-corrected chi connectivity index (χ1v) is 4.69. The molecule has 0 unspecified atom stereocenters. The number of fused-ring (bicyclic) bond motifs is 1. The SMILES string of the molecule is CN(CCO)c1nc2ccc(N)cc2o1. The largest absolute Gasteiger partial charge is 0.423 e. The van der Waals surface area contributed by atoms with E-state index in [2.05, 4.69) is 4.98 Å². The Balaban J connectivity index is 2.38. The number of nitrogens with zero attached hydrogens (tertiary/aromatic N) is 2. The van der Waals surface area contributed by atoms with Crippen LogP contribution in [0.15, 0.2) is 22.6 Å². The zero-order valence-corrected chi connectivity index (χ0v) is 8.47. The summed E-state index contributed by atoms with van der Waals surface area (Å²) in [5.41, 5.74) is 7.70. The first-order chi connectivity index (χ1) is 7.20. The highest BCUT2D eigenvalue weighted by Gasteiger charge is 2.09. The Labute approximate surface area is 87.1 Å². The normalized spacial score (nSPS) is 10.8. The second-order valence-corrected chi connectivity index (χ2v) is 3.37. The van der Waals surface area contributed by atoms with Crippen molar-refractivity contribution < 1.29 is 9.52 Å². The fraction of sp³-hybridized carbons (Fsp3) is 0.300. The fourth-order valence-electron chi connectivity index (χ4n) is 1.34. The van der Waals surface area contributed by atoms with E-state index in [1.54, 1.807) is 17.0 Å². The van der Waals surface area contributed by atoms with Gasteiger partial charge in [0.1, 0.15) is 5.52 Å². The van der Waals surface area contributed by atoms with Gasteiger partial charge in [-0.15, -0.1) is 0 Å². The molecule has 1 aromatic heterocycles. The van der Waals surface area contributed by atoms with Crippen molar-refractivity contribution in [2.45, 2.75) is 0 Å². The molecule has 0 atom stereocenters. The van der Waals surface area contributed by atoms with Gasteiger partial charge in [0.2, 0.25) is 0 Å². The van der Waals surface area contributed by atoms with Gasteiger partial charge in [0, 0.05) is 25.3 Å². The molecule has 0 aliphatic heterocycles. The molecule has 0 fully saturated rings. The number of aliphatic hydroxyl groups excluding tert-OH is 1. The molecule has 0 spiro atoms. The van der Waals surface area contributed by atoms with E-state index < -0.39 is 0 Å². The topological polar surface area (TPSA) is 75.5 Å². The highest BCUT2D eigenvalue weighted by molar-refractivity contribution is 5.78. The molecule has 5 nitrogen and oxygen atoms in total. The summed E-state index contributed by atoms with van der Waals surface area (Å²) >= 11 is 0. The maximum atomic E-state index is 8.79. The van der Waals surface area contributed by atoms with E-state index >= 15 is 0 Å². The summed E-state index contributed by atoms with van der Waals surface area (Å²) in [6.45, 7) is 0.555. The smallest absolute Gasteiger partial charge is 0.298 e. The lowest BCUT2D eigenvalue weighted by Gasteiger charge is -2.11. The van der Waals surface area contributed by atoms with Crippen LogP contribution >= 0.6 is 0 Å². The predicted molar refractivity (Wildman–Crippen MR) is 58.8 cm³/mol. The van der Waals surface area contributed by atoms with Crippen LogP contribution < -0.4 is 10.6 Å². The Morgan fingerprint density at radius 3 is 3.07 bits per heavy atom. The summed E-state index contributed by atoms with van der Waals surface area (Å²) in [5.74, 6) is 0. The number of likely N-dealkylation sites (N-methyl/N-ethyl adjacent to an activating group) is 1. The Morgan fingerprint density at radius 2 is 2.33 bits per heavy atom. The average Bonchev–Trinajstić information content (AvgIpc) is 2.60. The second-order valence-electron chi connectivity index (χ2n) is 3.37. The number of aromatic nitrogens is 1. The summed E-state index contributed by atoms with van der Waals surface area (Å²) < 4.78 is 5.49. The molecule has 3 N–H and O–H groups in total. The van der Waals surface area contributed by atoms with Crippen LogP contribution in [0.4, 0.5) is 11.7 Å². The average molecular weight is 207 g/mol. The van der Waals surface area contributed by atoms with Gasteiger partial charge in [0.15, 0.2) is 5.58 Å². The highest BCUT2D eigenvalue weighted by atomic mass is 16.4. The van der Waals surface area contributed by atoms with Gasteiger partial charge in [0.25, 0.3) is 6.01 Å². The van der Waals surface area contributed by atoms with Crippen molar-refractivity contribution in [1.82, 2.24) is 4.98 Å². The zero-order chi connectivity index (χ0) is 10.8. The minimum atomic E-state index is 0.0668. The molecule has 0 aliphatic rings. The molecule has 0 bridgehead atoms. The third-order valence-corrected chi connectivity index (χ3v) is 2.16. The molecule has 0 amide bonds. The zero-order valence-electron chi connectivity index (χ0n) is 8.47. The van der Waals surface area contributed by atoms with Crippen molar-refractivity contribution in [2.24, 2.45) is 0 Å². The van der Waals surface area contributed by atoms with Crippen LogP contribution in [0.2, 0.25) is 0 Å². The quantitative estimate of drug-likeness (QED) is 0.729. The van der Waals surface area contributed by atoms with Crippen LogP contribution in [0.3, 0.4) is 0 Å². The van der Waals surface area contributed by atoms with Crippen molar-refractivity contribution in [3.63, 3.8) is 0 Å². The lowest BCUT2D eigenvalue weighted by Crippen LogP contribution is -2.21. The fourth-order valence-corrected chi connectivity index (χ4v) is 1.34. The van der Waals surface area contributed by atoms with Crippen LogP contribution in [0.1, 0.15) is 0 Å². The van der Waals surface area contributed by atoms with Gasteiger partial charge in [-0.2, -0.15) is 4.98 Å². The summed E-state index contributed by atoms with van der Waals surface area (Å²) in [4.78, 5) is 6.01. The lowest BCUT2D eigenvalue weighted by molar-refractivity contribution is 0.301. The highest BCUT2D eigenvalue weighted by Crippen LogP contribution is 2.22. The Hall–Kier alpha value is -1.75. The minimum Gasteiger partial charge on any atom is -0.423 e. The van der Waals surface area contributed by atoms with Gasteiger partial charge in [-0.3, -0.25) is 0 Å². The molecule has 5 heteroatoms. The molecule has 15 heavy (non-hydrogen) atoms. The molecule has 0 radical (unpaired) electrons. The van der Waals surface area contributed by atoms with Gasteiger partial charge in [-0.05, 0) is 12.1 Å². The molecular formula is C10H13N3O2. The van der Waals surface area contributed by atoms with Crippen molar-refractivity contribution in [1.29, 1.82) is 0 Å². The summed E-state index contributed by atoms with van der Waals surface area (Å²) in [7, 11) is 1.81. The van der Waals surface area contributed by atoms with Gasteiger partial charge >= 0.3 is 0 Å². The van der Waals surface area contributed by atoms with Gasteiger partial charge in [-0.25, -0.2) is 0 Å². The maximum absolute atomic E-state index is 8.79. The monoisotopic (exact) mass is 207 g/mol. The number of hydrogen-bond donors (Lipinski definition) is 2. The van der Waals surface area contributed by atoms with Crippen LogP contribution in [0.25, 0.3) is 11.1 Å². The van der Waals surface area contributed by atoms with E-state index in [0.29, 0.717) is 23.8 Å². The number of aliphatic hydroxyl groups is 1. The van der Waals surface area contributed by atoms with E-state index in [0.717, 1.165) is 5.52 Å². The molecule has 2 aromatic rings. The number of nitrogen functional groups attached to an aromatic ring is 1. The van der Waals surface area contributed by atoms with Crippen LogP contribution in [0.5, 0.6) is 0 Å². The Kier molecular flexibility index (Phi) is 2.47. The second kappa shape index (κ2) is 3.78. The summed E-state index contributed by atoms with van der Waals surface area (Å²) in [5, 5.41) is 8.79. The van der Waals surface area contributed by atoms with E-state index in [9.17, 15) is 0 Å². The molecule has 80 valence electrons. The van der Waals surface area contributed by atoms with E-state index in [4.69, 9.17) is 15.3 Å². The van der Waals surface area contributed by atoms with E-state index in [1.165, 1.54) is 0 Å². The number of rotatable bonds is 3. The standard InChI is InChI=1S/C10H13N3O2/c1-13(4-5-14)10-12-8-3-2-7(11)6-9(8)15-10/h2-3,6,14H,4-5,11H2,1H3. The summed E-state index contributed by atoms with van der Waals surface area (Å²) in [6, 6.07) is 5.81. The third-order valence-electron chi connectivity index (χ3n) is 2.16. The van der Waals surface area contributed by atoms with E-state index in [-0.39, 0.29) is 6.61 Å². The Morgan fingerprint density at radius 1 is 1.53 bits per heavy atom. The van der Waals surface area contributed by atoms with Crippen LogP contribution in [-0.4, -0.2) is 30.3 Å². The number of nitrogens with two attached hydrogens (primary N) is 1. The minimum absolute atomic E-state index is 0.0668. The number of benzene rings is 1. The molecule has 2 rings (SSSR count). The Bertz CT molecular complexity index is 467. The number of anilines is 2. The number of oxazole rings is 1. The van der Waals surface area contributed by atoms with Crippen molar-refractivity contribution in [3.8, 4) is 0 Å². The molecule has 0 saturated carbocycles. The van der Waals surface area contributed by atoms with Gasteiger partial charge < -0.3 is 20.2 Å². The van der Waals surface area contributed by atoms with Crippen molar-refractivity contribution in [3.05, 3.63) is 18.2 Å². The summed E-state index contributed by atoms with van der Waals surface area (Å²) in [6.07, 6.45) is 0. The third kappa shape index (κ3) is 1.87.